The second kappa shape index (κ2) is 4.47. The fourth-order valence-corrected chi connectivity index (χ4v) is 4.16. The van der Waals surface area contributed by atoms with Gasteiger partial charge in [-0.25, -0.2) is 0 Å². The number of aliphatic hydroxyl groups is 2. The van der Waals surface area contributed by atoms with Crippen LogP contribution in [-0.4, -0.2) is 28.2 Å². The number of aldehydes is 1. The normalized spacial score (nSPS) is 43.7. The highest BCUT2D eigenvalue weighted by Crippen LogP contribution is 2.58. The van der Waals surface area contributed by atoms with Crippen molar-refractivity contribution in [3.05, 3.63) is 11.6 Å². The summed E-state index contributed by atoms with van der Waals surface area (Å²) in [6.45, 7) is 2.16. The molecule has 0 heterocycles. The van der Waals surface area contributed by atoms with E-state index in [2.05, 4.69) is 24.8 Å². The Kier molecular flexibility index (Phi) is 3.03. The molecule has 3 aliphatic carbocycles. The number of hydrogen-bond acceptors (Lipinski definition) is 3. The molecule has 0 bridgehead atoms. The summed E-state index contributed by atoms with van der Waals surface area (Å²) in [7, 11) is 0. The van der Waals surface area contributed by atoms with Crippen LogP contribution in [0.25, 0.3) is 0 Å². The van der Waals surface area contributed by atoms with Gasteiger partial charge in [-0.3, -0.25) is 0 Å². The lowest BCUT2D eigenvalue weighted by Gasteiger charge is -2.55. The Labute approximate surface area is 113 Å². The average Bonchev–Trinajstić information content (AvgIpc) is 3.13. The van der Waals surface area contributed by atoms with Crippen LogP contribution < -0.4 is 0 Å². The smallest absolute Gasteiger partial charge is 0.193 e. The topological polar surface area (TPSA) is 57.5 Å². The molecule has 102 valence electrons. The average molecular weight is 260 g/mol. The Hall–Kier alpha value is -1.11. The number of rotatable bonds is 4. The van der Waals surface area contributed by atoms with Crippen LogP contribution in [0.5, 0.6) is 0 Å². The zero-order chi connectivity index (χ0) is 13.6. The fraction of sp³-hybridized carbons (Fsp3) is 0.688. The Bertz CT molecular complexity index is 474. The van der Waals surface area contributed by atoms with E-state index in [-0.39, 0.29) is 5.92 Å². The number of fused-ring (bicyclic) bond motifs is 1. The first-order valence-electron chi connectivity index (χ1n) is 7.17. The third-order valence-electron chi connectivity index (χ3n) is 5.13. The van der Waals surface area contributed by atoms with Gasteiger partial charge in [-0.2, -0.15) is 0 Å². The summed E-state index contributed by atoms with van der Waals surface area (Å²) >= 11 is 0. The minimum Gasteiger partial charge on any atom is -0.393 e. The van der Waals surface area contributed by atoms with Crippen LogP contribution in [0.1, 0.15) is 32.6 Å². The molecule has 3 nitrogen and oxygen atoms in total. The van der Waals surface area contributed by atoms with Crippen LogP contribution in [0.2, 0.25) is 0 Å². The molecule has 3 rings (SSSR count). The molecule has 19 heavy (non-hydrogen) atoms. The maximum absolute atomic E-state index is 10.4. The molecule has 2 saturated carbocycles. The van der Waals surface area contributed by atoms with Crippen molar-refractivity contribution in [1.29, 1.82) is 0 Å². The van der Waals surface area contributed by atoms with Crippen molar-refractivity contribution < 1.29 is 15.0 Å². The third kappa shape index (κ3) is 1.94. The molecule has 0 aromatic rings. The molecule has 0 amide bonds. The number of aliphatic hydroxyl groups excluding tert-OH is 1. The molecule has 5 atom stereocenters. The lowest BCUT2D eigenvalue weighted by atomic mass is 9.49. The van der Waals surface area contributed by atoms with E-state index in [9.17, 15) is 15.0 Å². The van der Waals surface area contributed by atoms with Gasteiger partial charge in [0.2, 0.25) is 0 Å². The van der Waals surface area contributed by atoms with Crippen LogP contribution in [-0.2, 0) is 4.79 Å². The minimum atomic E-state index is -1.08. The van der Waals surface area contributed by atoms with Gasteiger partial charge in [-0.15, -0.1) is 0 Å². The van der Waals surface area contributed by atoms with Gasteiger partial charge in [0.25, 0.3) is 0 Å². The second-order valence-electron chi connectivity index (χ2n) is 6.11. The summed E-state index contributed by atoms with van der Waals surface area (Å²) in [5.74, 6) is 6.54. The van der Waals surface area contributed by atoms with E-state index < -0.39 is 11.7 Å². The molecule has 0 radical (unpaired) electrons. The molecule has 0 aliphatic heterocycles. The molecule has 0 spiro atoms. The molecule has 2 fully saturated rings. The molecule has 3 heteroatoms. The summed E-state index contributed by atoms with van der Waals surface area (Å²) in [4.78, 5) is 10.4. The minimum absolute atomic E-state index is 0.149. The van der Waals surface area contributed by atoms with Gasteiger partial charge < -0.3 is 15.0 Å². The first-order valence-corrected chi connectivity index (χ1v) is 7.17. The molecule has 2 N–H and O–H groups in total. The maximum Gasteiger partial charge on any atom is 0.193 e. The highest BCUT2D eigenvalue weighted by Gasteiger charge is 2.59. The van der Waals surface area contributed by atoms with Crippen LogP contribution in [0, 0.1) is 35.5 Å². The van der Waals surface area contributed by atoms with Crippen molar-refractivity contribution in [2.45, 2.75) is 44.3 Å². The number of unbranched alkanes of at least 4 members (excludes halogenated alkanes) is 1. The number of carbonyl (C=O) groups excluding carboxylic acids is 1. The van der Waals surface area contributed by atoms with Gasteiger partial charge in [0.1, 0.15) is 6.29 Å². The molecule has 0 aromatic carbocycles. The van der Waals surface area contributed by atoms with E-state index >= 15 is 0 Å². The molecular formula is C16H20O3. The van der Waals surface area contributed by atoms with Crippen LogP contribution in [0.4, 0.5) is 0 Å². The molecule has 0 saturated heterocycles. The van der Waals surface area contributed by atoms with Gasteiger partial charge in [0.05, 0.1) is 6.10 Å². The van der Waals surface area contributed by atoms with Crippen LogP contribution >= 0.6 is 0 Å². The van der Waals surface area contributed by atoms with Crippen molar-refractivity contribution in [2.24, 2.45) is 23.7 Å². The van der Waals surface area contributed by atoms with Crippen molar-refractivity contribution in [3.63, 3.8) is 0 Å². The highest BCUT2D eigenvalue weighted by atomic mass is 16.3. The van der Waals surface area contributed by atoms with E-state index in [1.54, 1.807) is 0 Å². The largest absolute Gasteiger partial charge is 0.393 e. The van der Waals surface area contributed by atoms with Gasteiger partial charge >= 0.3 is 0 Å². The van der Waals surface area contributed by atoms with Gasteiger partial charge in [0.15, 0.2) is 5.60 Å². The SMILES string of the molecule is CC1C(=CCCC=O)[C@@H]2CC[C@H](O)[C@H](C3(O)C#C3)[C@H]12. The Morgan fingerprint density at radius 1 is 1.37 bits per heavy atom. The quantitative estimate of drug-likeness (QED) is 0.347. The standard InChI is InChI=1S/C16H20O3/c1-10-11(4-2-3-9-17)12-5-6-13(18)15(14(10)12)16(19)7-8-16/h4,9-10,12-15,18-19H,2-3,5-6H2,1H3/t10?,12-,13-,14+,15-/m0/s1. The predicted molar refractivity (Wildman–Crippen MR) is 71.0 cm³/mol. The maximum atomic E-state index is 10.4. The van der Waals surface area contributed by atoms with Crippen molar-refractivity contribution in [3.8, 4) is 11.8 Å². The van der Waals surface area contributed by atoms with Gasteiger partial charge in [-0.1, -0.05) is 30.4 Å². The summed E-state index contributed by atoms with van der Waals surface area (Å²) in [6, 6.07) is 0. The first-order chi connectivity index (χ1) is 9.08. The number of hydrogen-bond donors (Lipinski definition) is 2. The van der Waals surface area contributed by atoms with Crippen LogP contribution in [0.3, 0.4) is 0 Å². The predicted octanol–water partition coefficient (Wildman–Crippen LogP) is 1.29. The Balaban J connectivity index is 1.74. The van der Waals surface area contributed by atoms with Crippen molar-refractivity contribution in [2.75, 3.05) is 0 Å². The second-order valence-corrected chi connectivity index (χ2v) is 6.11. The van der Waals surface area contributed by atoms with Crippen molar-refractivity contribution >= 4 is 6.29 Å². The lowest BCUT2D eigenvalue weighted by Crippen LogP contribution is -2.56. The van der Waals surface area contributed by atoms with Crippen LogP contribution in [0.15, 0.2) is 11.6 Å². The Morgan fingerprint density at radius 3 is 2.74 bits per heavy atom. The summed E-state index contributed by atoms with van der Waals surface area (Å²) in [5.41, 5.74) is 0.332. The summed E-state index contributed by atoms with van der Waals surface area (Å²) in [5, 5.41) is 20.4. The van der Waals surface area contributed by atoms with E-state index in [1.165, 1.54) is 5.57 Å². The summed E-state index contributed by atoms with van der Waals surface area (Å²) < 4.78 is 0. The molecule has 0 aromatic heterocycles. The van der Waals surface area contributed by atoms with E-state index in [0.717, 1.165) is 25.5 Å². The van der Waals surface area contributed by atoms with E-state index in [1.807, 2.05) is 0 Å². The Morgan fingerprint density at radius 2 is 2.11 bits per heavy atom. The third-order valence-corrected chi connectivity index (χ3v) is 5.13. The fourth-order valence-electron chi connectivity index (χ4n) is 4.16. The highest BCUT2D eigenvalue weighted by molar-refractivity contribution is 5.50. The molecule has 3 aliphatic rings. The monoisotopic (exact) mass is 260 g/mol. The zero-order valence-corrected chi connectivity index (χ0v) is 11.2. The van der Waals surface area contributed by atoms with Gasteiger partial charge in [-0.05, 0) is 37.0 Å². The van der Waals surface area contributed by atoms with E-state index in [0.29, 0.717) is 24.2 Å². The first kappa shape index (κ1) is 12.9. The van der Waals surface area contributed by atoms with E-state index in [4.69, 9.17) is 0 Å². The lowest BCUT2D eigenvalue weighted by molar-refractivity contribution is -0.107. The molecular weight excluding hydrogens is 240 g/mol. The zero-order valence-electron chi connectivity index (χ0n) is 11.2. The number of carbonyl (C=O) groups is 1. The summed E-state index contributed by atoms with van der Waals surface area (Å²) in [6.07, 6.45) is 5.78. The van der Waals surface area contributed by atoms with Gasteiger partial charge in [0, 0.05) is 12.3 Å². The number of allylic oxidation sites excluding steroid dienone is 2. The molecule has 1 unspecified atom stereocenters. The van der Waals surface area contributed by atoms with Crippen molar-refractivity contribution in [1.82, 2.24) is 0 Å².